The molecule has 5 nitrogen and oxygen atoms in total. The lowest BCUT2D eigenvalue weighted by molar-refractivity contribution is 0.430. The van der Waals surface area contributed by atoms with Crippen LogP contribution in [0.2, 0.25) is 5.02 Å². The maximum atomic E-state index is 6.06. The summed E-state index contributed by atoms with van der Waals surface area (Å²) in [6.07, 6.45) is 0. The third kappa shape index (κ3) is 3.24. The lowest BCUT2D eigenvalue weighted by Gasteiger charge is -2.07. The molecule has 2 rings (SSSR count). The van der Waals surface area contributed by atoms with Crippen molar-refractivity contribution in [3.05, 3.63) is 34.7 Å². The SMILES string of the molecule is CCNC(C)c1nnc(Nc2cccc(Cl)c2C)o1. The van der Waals surface area contributed by atoms with Crippen LogP contribution in [0.25, 0.3) is 0 Å². The molecule has 0 fully saturated rings. The molecule has 0 aliphatic carbocycles. The van der Waals surface area contributed by atoms with E-state index in [1.807, 2.05) is 39.0 Å². The predicted octanol–water partition coefficient (Wildman–Crippen LogP) is 3.45. The zero-order chi connectivity index (χ0) is 13.8. The molecule has 0 saturated heterocycles. The van der Waals surface area contributed by atoms with Crippen LogP contribution in [0, 0.1) is 6.92 Å². The molecule has 1 aromatic carbocycles. The van der Waals surface area contributed by atoms with Gasteiger partial charge in [-0.2, -0.15) is 0 Å². The Balaban J connectivity index is 2.14. The fourth-order valence-corrected chi connectivity index (χ4v) is 1.89. The van der Waals surface area contributed by atoms with Crippen LogP contribution in [-0.4, -0.2) is 16.7 Å². The van der Waals surface area contributed by atoms with Gasteiger partial charge in [0.25, 0.3) is 0 Å². The number of rotatable bonds is 5. The topological polar surface area (TPSA) is 63.0 Å². The van der Waals surface area contributed by atoms with Gasteiger partial charge in [0, 0.05) is 10.7 Å². The van der Waals surface area contributed by atoms with E-state index in [1.165, 1.54) is 0 Å². The van der Waals surface area contributed by atoms with E-state index in [0.717, 1.165) is 17.8 Å². The molecule has 1 unspecified atom stereocenters. The van der Waals surface area contributed by atoms with Crippen LogP contribution in [0.5, 0.6) is 0 Å². The van der Waals surface area contributed by atoms with Crippen LogP contribution in [0.15, 0.2) is 22.6 Å². The molecular weight excluding hydrogens is 264 g/mol. The standard InChI is InChI=1S/C13H17ClN4O/c1-4-15-9(3)12-17-18-13(19-12)16-11-7-5-6-10(14)8(11)2/h5-7,9,15H,4H2,1-3H3,(H,16,18). The van der Waals surface area contributed by atoms with Crippen molar-refractivity contribution in [2.24, 2.45) is 0 Å². The molecule has 0 spiro atoms. The third-order valence-corrected chi connectivity index (χ3v) is 3.24. The maximum Gasteiger partial charge on any atom is 0.320 e. The van der Waals surface area contributed by atoms with Crippen molar-refractivity contribution in [2.45, 2.75) is 26.8 Å². The molecule has 6 heteroatoms. The first-order valence-corrected chi connectivity index (χ1v) is 6.58. The monoisotopic (exact) mass is 280 g/mol. The number of anilines is 2. The second kappa shape index (κ2) is 6.04. The van der Waals surface area contributed by atoms with Gasteiger partial charge in [0.15, 0.2) is 0 Å². The average molecular weight is 281 g/mol. The van der Waals surface area contributed by atoms with Gasteiger partial charge in [-0.25, -0.2) is 0 Å². The second-order valence-electron chi connectivity index (χ2n) is 4.26. The van der Waals surface area contributed by atoms with Crippen molar-refractivity contribution in [3.63, 3.8) is 0 Å². The Bertz CT molecular complexity index is 555. The second-order valence-corrected chi connectivity index (χ2v) is 4.67. The summed E-state index contributed by atoms with van der Waals surface area (Å²) in [5.41, 5.74) is 1.81. The van der Waals surface area contributed by atoms with E-state index in [2.05, 4.69) is 20.8 Å². The molecule has 0 amide bonds. The fraction of sp³-hybridized carbons (Fsp3) is 0.385. The fourth-order valence-electron chi connectivity index (χ4n) is 1.71. The van der Waals surface area contributed by atoms with Crippen molar-refractivity contribution in [2.75, 3.05) is 11.9 Å². The van der Waals surface area contributed by atoms with Gasteiger partial charge in [0.2, 0.25) is 5.89 Å². The predicted molar refractivity (Wildman–Crippen MR) is 75.9 cm³/mol. The summed E-state index contributed by atoms with van der Waals surface area (Å²) in [6.45, 7) is 6.79. The highest BCUT2D eigenvalue weighted by atomic mass is 35.5. The smallest absolute Gasteiger partial charge is 0.320 e. The summed E-state index contributed by atoms with van der Waals surface area (Å²) in [6, 6.07) is 6.03. The number of hydrogen-bond acceptors (Lipinski definition) is 5. The highest BCUT2D eigenvalue weighted by Gasteiger charge is 2.13. The van der Waals surface area contributed by atoms with Crippen molar-refractivity contribution in [1.82, 2.24) is 15.5 Å². The molecule has 0 radical (unpaired) electrons. The lowest BCUT2D eigenvalue weighted by atomic mass is 10.2. The Hall–Kier alpha value is -1.59. The number of nitrogens with one attached hydrogen (secondary N) is 2. The summed E-state index contributed by atoms with van der Waals surface area (Å²) in [5, 5.41) is 15.0. The summed E-state index contributed by atoms with van der Waals surface area (Å²) in [7, 11) is 0. The molecule has 1 aromatic heterocycles. The lowest BCUT2D eigenvalue weighted by Crippen LogP contribution is -2.17. The van der Waals surface area contributed by atoms with Crippen molar-refractivity contribution < 1.29 is 4.42 Å². The van der Waals surface area contributed by atoms with Gasteiger partial charge >= 0.3 is 6.01 Å². The quantitative estimate of drug-likeness (QED) is 0.878. The molecule has 2 aromatic rings. The van der Waals surface area contributed by atoms with E-state index < -0.39 is 0 Å². The zero-order valence-corrected chi connectivity index (χ0v) is 12.0. The van der Waals surface area contributed by atoms with Gasteiger partial charge in [0.1, 0.15) is 0 Å². The highest BCUT2D eigenvalue weighted by Crippen LogP contribution is 2.26. The molecule has 0 aliphatic heterocycles. The van der Waals surface area contributed by atoms with E-state index in [9.17, 15) is 0 Å². The van der Waals surface area contributed by atoms with Gasteiger partial charge in [0.05, 0.1) is 6.04 Å². The molecule has 0 bridgehead atoms. The Labute approximate surface area is 117 Å². The van der Waals surface area contributed by atoms with E-state index >= 15 is 0 Å². The van der Waals surface area contributed by atoms with E-state index in [-0.39, 0.29) is 6.04 Å². The van der Waals surface area contributed by atoms with Crippen molar-refractivity contribution >= 4 is 23.3 Å². The first-order chi connectivity index (χ1) is 9.11. The third-order valence-electron chi connectivity index (χ3n) is 2.83. The largest absolute Gasteiger partial charge is 0.406 e. The molecule has 0 aliphatic rings. The van der Waals surface area contributed by atoms with Crippen molar-refractivity contribution in [3.8, 4) is 0 Å². The molecule has 1 heterocycles. The molecule has 1 atom stereocenters. The van der Waals surface area contributed by atoms with E-state index in [0.29, 0.717) is 16.9 Å². The Kier molecular flexibility index (Phi) is 4.39. The minimum Gasteiger partial charge on any atom is -0.406 e. The average Bonchev–Trinajstić information content (AvgIpc) is 2.84. The molecule has 19 heavy (non-hydrogen) atoms. The van der Waals surface area contributed by atoms with Gasteiger partial charge in [-0.1, -0.05) is 29.7 Å². The van der Waals surface area contributed by atoms with Crippen molar-refractivity contribution in [1.29, 1.82) is 0 Å². The summed E-state index contributed by atoms with van der Waals surface area (Å²) in [5.74, 6) is 0.559. The zero-order valence-electron chi connectivity index (χ0n) is 11.2. The first kappa shape index (κ1) is 13.8. The van der Waals surface area contributed by atoms with Gasteiger partial charge in [-0.15, -0.1) is 5.10 Å². The van der Waals surface area contributed by atoms with E-state index in [1.54, 1.807) is 0 Å². The number of hydrogen-bond donors (Lipinski definition) is 2. The molecule has 102 valence electrons. The maximum absolute atomic E-state index is 6.06. The minimum atomic E-state index is 0.0357. The number of benzene rings is 1. The van der Waals surface area contributed by atoms with Crippen LogP contribution in [-0.2, 0) is 0 Å². The minimum absolute atomic E-state index is 0.0357. The molecular formula is C13H17ClN4O. The number of nitrogens with zero attached hydrogens (tertiary/aromatic N) is 2. The van der Waals surface area contributed by atoms with Crippen LogP contribution in [0.3, 0.4) is 0 Å². The van der Waals surface area contributed by atoms with Gasteiger partial charge < -0.3 is 15.1 Å². The van der Waals surface area contributed by atoms with Crippen LogP contribution >= 0.6 is 11.6 Å². The molecule has 0 saturated carbocycles. The summed E-state index contributed by atoms with van der Waals surface area (Å²) in [4.78, 5) is 0. The molecule has 2 N–H and O–H groups in total. The number of halogens is 1. The summed E-state index contributed by atoms with van der Waals surface area (Å²) < 4.78 is 5.56. The normalized spacial score (nSPS) is 12.4. The number of aromatic nitrogens is 2. The van der Waals surface area contributed by atoms with Gasteiger partial charge in [-0.3, -0.25) is 0 Å². The van der Waals surface area contributed by atoms with Crippen LogP contribution in [0.1, 0.15) is 31.3 Å². The van der Waals surface area contributed by atoms with E-state index in [4.69, 9.17) is 16.0 Å². The Morgan fingerprint density at radius 1 is 1.37 bits per heavy atom. The van der Waals surface area contributed by atoms with Crippen LogP contribution in [0.4, 0.5) is 11.7 Å². The van der Waals surface area contributed by atoms with Gasteiger partial charge in [-0.05, 0) is 38.1 Å². The Morgan fingerprint density at radius 3 is 2.89 bits per heavy atom. The Morgan fingerprint density at radius 2 is 2.16 bits per heavy atom. The summed E-state index contributed by atoms with van der Waals surface area (Å²) >= 11 is 6.06. The van der Waals surface area contributed by atoms with Crippen LogP contribution < -0.4 is 10.6 Å². The first-order valence-electron chi connectivity index (χ1n) is 6.20. The highest BCUT2D eigenvalue weighted by molar-refractivity contribution is 6.31.